The summed E-state index contributed by atoms with van der Waals surface area (Å²) in [6.45, 7) is 3.12. The van der Waals surface area contributed by atoms with Crippen LogP contribution in [0, 0.1) is 0 Å². The Morgan fingerprint density at radius 1 is 0.640 bits per heavy atom. The average Bonchev–Trinajstić information content (AvgIpc) is 2.63. The maximum Gasteiger partial charge on any atom is 0.161 e. The zero-order valence-corrected chi connectivity index (χ0v) is 14.3. The molecular weight excluding hydrogens is 310 g/mol. The van der Waals surface area contributed by atoms with Crippen LogP contribution in [0.4, 0.5) is 17.1 Å². The summed E-state index contributed by atoms with van der Waals surface area (Å²) in [5.74, 6) is 0.0406. The van der Waals surface area contributed by atoms with Gasteiger partial charge in [-0.1, -0.05) is 30.3 Å². The summed E-state index contributed by atoms with van der Waals surface area (Å²) in [6, 6.07) is 24.8. The quantitative estimate of drug-likeness (QED) is 0.575. The fourth-order valence-corrected chi connectivity index (χ4v) is 2.82. The van der Waals surface area contributed by atoms with E-state index in [1.807, 2.05) is 83.8 Å². The Hall–Kier alpha value is -3.20. The molecule has 0 aliphatic carbocycles. The molecule has 0 amide bonds. The van der Waals surface area contributed by atoms with Gasteiger partial charge in [0.1, 0.15) is 0 Å². The molecule has 0 bridgehead atoms. The Bertz CT molecular complexity index is 899. The third kappa shape index (κ3) is 3.50. The standard InChI is InChI=1S/C22H19NO2/c1-16(24)18-12-14-20(15-13-18)23(19-8-4-3-5-9-19)22-11-7-6-10-21(22)17(2)25/h3-15H,1-2H3. The van der Waals surface area contributed by atoms with E-state index in [0.717, 1.165) is 17.1 Å². The molecule has 0 spiro atoms. The van der Waals surface area contributed by atoms with E-state index >= 15 is 0 Å². The van der Waals surface area contributed by atoms with Crippen LogP contribution in [0.5, 0.6) is 0 Å². The number of Topliss-reactive ketones (excluding diaryl/α,β-unsaturated/α-hetero) is 2. The number of benzene rings is 3. The molecule has 0 saturated carbocycles. The molecule has 0 aliphatic rings. The molecule has 0 atom stereocenters. The predicted molar refractivity (Wildman–Crippen MR) is 101 cm³/mol. The highest BCUT2D eigenvalue weighted by atomic mass is 16.1. The lowest BCUT2D eigenvalue weighted by Crippen LogP contribution is -2.13. The molecule has 0 heterocycles. The van der Waals surface area contributed by atoms with Gasteiger partial charge >= 0.3 is 0 Å². The molecule has 3 heteroatoms. The van der Waals surface area contributed by atoms with E-state index in [4.69, 9.17) is 0 Å². The summed E-state index contributed by atoms with van der Waals surface area (Å²) in [4.78, 5) is 25.7. The van der Waals surface area contributed by atoms with Crippen LogP contribution in [0.3, 0.4) is 0 Å². The second-order valence-electron chi connectivity index (χ2n) is 5.85. The summed E-state index contributed by atoms with van der Waals surface area (Å²) < 4.78 is 0. The number of carbonyl (C=O) groups is 2. The first kappa shape index (κ1) is 16.7. The summed E-state index contributed by atoms with van der Waals surface area (Å²) in [6.07, 6.45) is 0. The molecule has 0 unspecified atom stereocenters. The molecule has 0 N–H and O–H groups in total. The molecule has 25 heavy (non-hydrogen) atoms. The van der Waals surface area contributed by atoms with Gasteiger partial charge < -0.3 is 4.90 Å². The first-order valence-electron chi connectivity index (χ1n) is 8.14. The maximum absolute atomic E-state index is 12.1. The Labute approximate surface area is 147 Å². The van der Waals surface area contributed by atoms with Gasteiger partial charge in [0.25, 0.3) is 0 Å². The maximum atomic E-state index is 12.1. The molecular formula is C22H19NO2. The van der Waals surface area contributed by atoms with Gasteiger partial charge in [-0.25, -0.2) is 0 Å². The van der Waals surface area contributed by atoms with Gasteiger partial charge in [0.05, 0.1) is 5.69 Å². The number of ketones is 2. The van der Waals surface area contributed by atoms with E-state index < -0.39 is 0 Å². The number of anilines is 3. The van der Waals surface area contributed by atoms with E-state index in [0.29, 0.717) is 11.1 Å². The highest BCUT2D eigenvalue weighted by Gasteiger charge is 2.17. The van der Waals surface area contributed by atoms with Crippen molar-refractivity contribution >= 4 is 28.6 Å². The third-order valence-electron chi connectivity index (χ3n) is 4.07. The van der Waals surface area contributed by atoms with Gasteiger partial charge in [0, 0.05) is 22.5 Å². The fourth-order valence-electron chi connectivity index (χ4n) is 2.82. The first-order valence-corrected chi connectivity index (χ1v) is 8.14. The molecule has 0 aliphatic heterocycles. The minimum atomic E-state index is 0.0110. The number of rotatable bonds is 5. The Balaban J connectivity index is 2.18. The third-order valence-corrected chi connectivity index (χ3v) is 4.07. The summed E-state index contributed by atoms with van der Waals surface area (Å²) >= 11 is 0. The number of hydrogen-bond donors (Lipinski definition) is 0. The number of hydrogen-bond acceptors (Lipinski definition) is 3. The van der Waals surface area contributed by atoms with Crippen molar-refractivity contribution in [1.29, 1.82) is 0 Å². The minimum Gasteiger partial charge on any atom is -0.310 e. The van der Waals surface area contributed by atoms with Crippen molar-refractivity contribution in [2.45, 2.75) is 13.8 Å². The fraction of sp³-hybridized carbons (Fsp3) is 0.0909. The Morgan fingerprint density at radius 3 is 1.80 bits per heavy atom. The largest absolute Gasteiger partial charge is 0.310 e. The van der Waals surface area contributed by atoms with Crippen molar-refractivity contribution < 1.29 is 9.59 Å². The SMILES string of the molecule is CC(=O)c1ccc(N(c2ccccc2)c2ccccc2C(C)=O)cc1. The first-order chi connectivity index (χ1) is 12.1. The molecule has 3 aromatic carbocycles. The lowest BCUT2D eigenvalue weighted by atomic mass is 10.1. The molecule has 3 nitrogen and oxygen atoms in total. The van der Waals surface area contributed by atoms with E-state index in [-0.39, 0.29) is 11.6 Å². The van der Waals surface area contributed by atoms with Crippen molar-refractivity contribution in [3.8, 4) is 0 Å². The molecule has 3 rings (SSSR count). The van der Waals surface area contributed by atoms with Crippen LogP contribution in [-0.2, 0) is 0 Å². The number of carbonyl (C=O) groups excluding carboxylic acids is 2. The van der Waals surface area contributed by atoms with Gasteiger partial charge in [0.2, 0.25) is 0 Å². The van der Waals surface area contributed by atoms with Crippen LogP contribution in [0.2, 0.25) is 0 Å². The average molecular weight is 329 g/mol. The molecule has 3 aromatic rings. The van der Waals surface area contributed by atoms with Gasteiger partial charge in [0.15, 0.2) is 11.6 Å². The van der Waals surface area contributed by atoms with E-state index in [1.54, 1.807) is 13.8 Å². The number of nitrogens with zero attached hydrogens (tertiary/aromatic N) is 1. The lowest BCUT2D eigenvalue weighted by molar-refractivity contribution is 0.100. The van der Waals surface area contributed by atoms with Crippen molar-refractivity contribution in [2.24, 2.45) is 0 Å². The topological polar surface area (TPSA) is 37.4 Å². The second kappa shape index (κ2) is 7.14. The Morgan fingerprint density at radius 2 is 1.20 bits per heavy atom. The smallest absolute Gasteiger partial charge is 0.161 e. The van der Waals surface area contributed by atoms with E-state index in [2.05, 4.69) is 0 Å². The van der Waals surface area contributed by atoms with Crippen molar-refractivity contribution in [3.05, 3.63) is 90.0 Å². The monoisotopic (exact) mass is 329 g/mol. The van der Waals surface area contributed by atoms with Crippen LogP contribution in [-0.4, -0.2) is 11.6 Å². The summed E-state index contributed by atoms with van der Waals surface area (Å²) in [7, 11) is 0. The lowest BCUT2D eigenvalue weighted by Gasteiger charge is -2.27. The van der Waals surface area contributed by atoms with E-state index in [1.165, 1.54) is 0 Å². The highest BCUT2D eigenvalue weighted by molar-refractivity contribution is 6.02. The van der Waals surface area contributed by atoms with Crippen molar-refractivity contribution in [3.63, 3.8) is 0 Å². The van der Waals surface area contributed by atoms with Crippen LogP contribution >= 0.6 is 0 Å². The zero-order valence-electron chi connectivity index (χ0n) is 14.3. The van der Waals surface area contributed by atoms with Gasteiger partial charge in [-0.3, -0.25) is 9.59 Å². The number of para-hydroxylation sites is 2. The normalized spacial score (nSPS) is 10.3. The molecule has 0 radical (unpaired) electrons. The summed E-state index contributed by atoms with van der Waals surface area (Å²) in [5, 5.41) is 0. The van der Waals surface area contributed by atoms with Crippen molar-refractivity contribution in [1.82, 2.24) is 0 Å². The Kier molecular flexibility index (Phi) is 4.75. The minimum absolute atomic E-state index is 0.0110. The molecule has 0 fully saturated rings. The van der Waals surface area contributed by atoms with Crippen LogP contribution < -0.4 is 4.90 Å². The van der Waals surface area contributed by atoms with Crippen molar-refractivity contribution in [2.75, 3.05) is 4.90 Å². The van der Waals surface area contributed by atoms with Crippen LogP contribution in [0.1, 0.15) is 34.6 Å². The van der Waals surface area contributed by atoms with Gasteiger partial charge in [-0.2, -0.15) is 0 Å². The van der Waals surface area contributed by atoms with Crippen LogP contribution in [0.15, 0.2) is 78.9 Å². The summed E-state index contributed by atoms with van der Waals surface area (Å²) in [5.41, 5.74) is 3.98. The van der Waals surface area contributed by atoms with Gasteiger partial charge in [-0.15, -0.1) is 0 Å². The molecule has 124 valence electrons. The van der Waals surface area contributed by atoms with E-state index in [9.17, 15) is 9.59 Å². The highest BCUT2D eigenvalue weighted by Crippen LogP contribution is 2.36. The second-order valence-corrected chi connectivity index (χ2v) is 5.85. The predicted octanol–water partition coefficient (Wildman–Crippen LogP) is 5.56. The zero-order chi connectivity index (χ0) is 17.8. The van der Waals surface area contributed by atoms with Gasteiger partial charge in [-0.05, 0) is 62.4 Å². The molecule has 0 saturated heterocycles. The van der Waals surface area contributed by atoms with Crippen LogP contribution in [0.25, 0.3) is 0 Å². The molecule has 0 aromatic heterocycles.